The second kappa shape index (κ2) is 5.02. The van der Waals surface area contributed by atoms with Crippen molar-refractivity contribution in [3.05, 3.63) is 30.1 Å². The molecule has 1 unspecified atom stereocenters. The monoisotopic (exact) mass is 254 g/mol. The minimum atomic E-state index is -0.129. The van der Waals surface area contributed by atoms with Gasteiger partial charge in [0.15, 0.2) is 0 Å². The van der Waals surface area contributed by atoms with E-state index in [1.54, 1.807) is 0 Å². The van der Waals surface area contributed by atoms with Crippen LogP contribution in [0.15, 0.2) is 24.3 Å². The Bertz CT molecular complexity index is 619. The molecule has 0 saturated heterocycles. The summed E-state index contributed by atoms with van der Waals surface area (Å²) in [5.74, 6) is 1.05. The number of rotatable bonds is 5. The highest BCUT2D eigenvalue weighted by molar-refractivity contribution is 5.75. The highest BCUT2D eigenvalue weighted by Gasteiger charge is 2.25. The summed E-state index contributed by atoms with van der Waals surface area (Å²) in [6, 6.07) is 10.9. The molecule has 1 aliphatic rings. The summed E-state index contributed by atoms with van der Waals surface area (Å²) in [7, 11) is 0. The predicted octanol–water partition coefficient (Wildman–Crippen LogP) is 2.24. The molecule has 19 heavy (non-hydrogen) atoms. The van der Waals surface area contributed by atoms with Crippen molar-refractivity contribution in [1.82, 2.24) is 14.9 Å². The maximum atomic E-state index is 9.29. The summed E-state index contributed by atoms with van der Waals surface area (Å²) in [5, 5.41) is 12.7. The van der Waals surface area contributed by atoms with Crippen molar-refractivity contribution in [1.29, 1.82) is 5.26 Å². The number of hydrogen-bond donors (Lipinski definition) is 1. The lowest BCUT2D eigenvalue weighted by Gasteiger charge is -2.14. The van der Waals surface area contributed by atoms with Gasteiger partial charge in [-0.1, -0.05) is 19.1 Å². The van der Waals surface area contributed by atoms with Crippen molar-refractivity contribution >= 4 is 11.0 Å². The molecule has 0 bridgehead atoms. The van der Waals surface area contributed by atoms with Crippen LogP contribution in [-0.4, -0.2) is 21.6 Å². The average molecular weight is 254 g/mol. The number of fused-ring (bicyclic) bond motifs is 1. The number of nitriles is 1. The van der Waals surface area contributed by atoms with Crippen LogP contribution in [0.5, 0.6) is 0 Å². The van der Waals surface area contributed by atoms with Gasteiger partial charge in [-0.25, -0.2) is 4.98 Å². The lowest BCUT2D eigenvalue weighted by Crippen LogP contribution is -2.33. The molecule has 0 amide bonds. The van der Waals surface area contributed by atoms with E-state index < -0.39 is 0 Å². The Kier molecular flexibility index (Phi) is 3.22. The summed E-state index contributed by atoms with van der Waals surface area (Å²) < 4.78 is 2.18. The van der Waals surface area contributed by atoms with Gasteiger partial charge in [-0.2, -0.15) is 5.26 Å². The third-order valence-electron chi connectivity index (χ3n) is 3.59. The molecular formula is C15H18N4. The zero-order valence-electron chi connectivity index (χ0n) is 11.1. The van der Waals surface area contributed by atoms with Gasteiger partial charge in [0.1, 0.15) is 11.9 Å². The highest BCUT2D eigenvalue weighted by atomic mass is 15.1. The zero-order chi connectivity index (χ0) is 13.2. The van der Waals surface area contributed by atoms with Crippen LogP contribution in [0.4, 0.5) is 0 Å². The number of aromatic nitrogens is 2. The van der Waals surface area contributed by atoms with Crippen LogP contribution in [0.25, 0.3) is 11.0 Å². The Morgan fingerprint density at radius 1 is 1.47 bits per heavy atom. The number of imidazole rings is 1. The SMILES string of the molecule is CCc1nc2ccccc2n1CC(C#N)NC1CC1. The van der Waals surface area contributed by atoms with Gasteiger partial charge in [0.05, 0.1) is 23.6 Å². The number of nitrogens with zero attached hydrogens (tertiary/aromatic N) is 3. The zero-order valence-corrected chi connectivity index (χ0v) is 11.1. The molecule has 3 rings (SSSR count). The first-order valence-electron chi connectivity index (χ1n) is 6.91. The maximum Gasteiger partial charge on any atom is 0.114 e. The summed E-state index contributed by atoms with van der Waals surface area (Å²) in [5.41, 5.74) is 2.14. The smallest absolute Gasteiger partial charge is 0.114 e. The van der Waals surface area contributed by atoms with Crippen molar-refractivity contribution < 1.29 is 0 Å². The van der Waals surface area contributed by atoms with E-state index in [1.165, 1.54) is 12.8 Å². The van der Waals surface area contributed by atoms with Gasteiger partial charge in [0, 0.05) is 12.5 Å². The minimum absolute atomic E-state index is 0.129. The lowest BCUT2D eigenvalue weighted by molar-refractivity contribution is 0.516. The van der Waals surface area contributed by atoms with E-state index in [2.05, 4.69) is 33.9 Å². The summed E-state index contributed by atoms with van der Waals surface area (Å²) in [6.45, 7) is 2.78. The topological polar surface area (TPSA) is 53.6 Å². The molecule has 1 saturated carbocycles. The van der Waals surface area contributed by atoms with Gasteiger partial charge < -0.3 is 4.57 Å². The van der Waals surface area contributed by atoms with Crippen LogP contribution in [-0.2, 0) is 13.0 Å². The van der Waals surface area contributed by atoms with Crippen LogP contribution in [0, 0.1) is 11.3 Å². The minimum Gasteiger partial charge on any atom is -0.325 e. The predicted molar refractivity (Wildman–Crippen MR) is 74.7 cm³/mol. The maximum absolute atomic E-state index is 9.29. The molecule has 1 aliphatic carbocycles. The van der Waals surface area contributed by atoms with E-state index in [1.807, 2.05) is 18.2 Å². The van der Waals surface area contributed by atoms with Gasteiger partial charge in [-0.05, 0) is 25.0 Å². The fourth-order valence-electron chi connectivity index (χ4n) is 2.45. The summed E-state index contributed by atoms with van der Waals surface area (Å²) >= 11 is 0. The van der Waals surface area contributed by atoms with Crippen molar-refractivity contribution in [2.45, 2.75) is 44.8 Å². The van der Waals surface area contributed by atoms with Gasteiger partial charge in [0.25, 0.3) is 0 Å². The number of nitrogens with one attached hydrogen (secondary N) is 1. The van der Waals surface area contributed by atoms with Gasteiger partial charge in [-0.15, -0.1) is 0 Å². The molecule has 0 aliphatic heterocycles. The molecule has 1 atom stereocenters. The summed E-state index contributed by atoms with van der Waals surface area (Å²) in [4.78, 5) is 4.64. The quantitative estimate of drug-likeness (QED) is 0.890. The Morgan fingerprint density at radius 3 is 2.95 bits per heavy atom. The largest absolute Gasteiger partial charge is 0.325 e. The second-order valence-electron chi connectivity index (χ2n) is 5.10. The number of hydrogen-bond acceptors (Lipinski definition) is 3. The third kappa shape index (κ3) is 2.47. The van der Waals surface area contributed by atoms with Crippen molar-refractivity contribution in [3.63, 3.8) is 0 Å². The molecule has 1 aromatic carbocycles. The van der Waals surface area contributed by atoms with E-state index in [9.17, 15) is 5.26 Å². The molecular weight excluding hydrogens is 236 g/mol. The van der Waals surface area contributed by atoms with E-state index in [0.717, 1.165) is 23.3 Å². The number of benzene rings is 1. The van der Waals surface area contributed by atoms with Crippen LogP contribution in [0.1, 0.15) is 25.6 Å². The van der Waals surface area contributed by atoms with E-state index in [-0.39, 0.29) is 6.04 Å². The fraction of sp³-hybridized carbons (Fsp3) is 0.467. The number of para-hydroxylation sites is 2. The Labute approximate surface area is 113 Å². The molecule has 4 nitrogen and oxygen atoms in total. The Balaban J connectivity index is 1.91. The highest BCUT2D eigenvalue weighted by Crippen LogP contribution is 2.21. The van der Waals surface area contributed by atoms with Crippen LogP contribution in [0.2, 0.25) is 0 Å². The first kappa shape index (κ1) is 12.2. The molecule has 98 valence electrons. The molecule has 1 fully saturated rings. The molecule has 2 aromatic rings. The van der Waals surface area contributed by atoms with Gasteiger partial charge in [0.2, 0.25) is 0 Å². The molecule has 0 spiro atoms. The first-order chi connectivity index (χ1) is 9.31. The van der Waals surface area contributed by atoms with Crippen LogP contribution >= 0.6 is 0 Å². The molecule has 1 N–H and O–H groups in total. The first-order valence-corrected chi connectivity index (χ1v) is 6.91. The normalized spacial score (nSPS) is 16.4. The van der Waals surface area contributed by atoms with E-state index >= 15 is 0 Å². The molecule has 0 radical (unpaired) electrons. The van der Waals surface area contributed by atoms with Crippen LogP contribution in [0.3, 0.4) is 0 Å². The average Bonchev–Trinajstić information content (AvgIpc) is 3.19. The Morgan fingerprint density at radius 2 is 2.26 bits per heavy atom. The van der Waals surface area contributed by atoms with Crippen molar-refractivity contribution in [3.8, 4) is 6.07 Å². The van der Waals surface area contributed by atoms with Gasteiger partial charge >= 0.3 is 0 Å². The summed E-state index contributed by atoms with van der Waals surface area (Å²) in [6.07, 6.45) is 3.28. The third-order valence-corrected chi connectivity index (χ3v) is 3.59. The van der Waals surface area contributed by atoms with Crippen molar-refractivity contribution in [2.75, 3.05) is 0 Å². The molecule has 1 heterocycles. The second-order valence-corrected chi connectivity index (χ2v) is 5.10. The lowest BCUT2D eigenvalue weighted by atomic mass is 10.2. The molecule has 4 heteroatoms. The fourth-order valence-corrected chi connectivity index (χ4v) is 2.45. The van der Waals surface area contributed by atoms with Gasteiger partial charge in [-0.3, -0.25) is 5.32 Å². The number of aryl methyl sites for hydroxylation is 1. The Hall–Kier alpha value is -1.86. The molecule has 1 aromatic heterocycles. The van der Waals surface area contributed by atoms with Crippen LogP contribution < -0.4 is 5.32 Å². The van der Waals surface area contributed by atoms with Crippen molar-refractivity contribution in [2.24, 2.45) is 0 Å². The standard InChI is InChI=1S/C15H18N4/c1-2-15-18-13-5-3-4-6-14(13)19(15)10-12(9-16)17-11-7-8-11/h3-6,11-12,17H,2,7-8,10H2,1H3. The van der Waals surface area contributed by atoms with E-state index in [0.29, 0.717) is 12.6 Å². The van der Waals surface area contributed by atoms with E-state index in [4.69, 9.17) is 0 Å².